The molecule has 1 saturated heterocycles. The number of para-hydroxylation sites is 1. The van der Waals surface area contributed by atoms with E-state index in [-0.39, 0.29) is 24.8 Å². The number of aromatic nitrogens is 2. The van der Waals surface area contributed by atoms with Crippen LogP contribution in [0.1, 0.15) is 25.5 Å². The Balaban J connectivity index is 0.00000192. The first-order chi connectivity index (χ1) is 10.8. The number of halogens is 1. The highest BCUT2D eigenvalue weighted by Crippen LogP contribution is 2.22. The minimum absolute atomic E-state index is 0. The molecule has 0 spiro atoms. The Labute approximate surface area is 142 Å². The quantitative estimate of drug-likeness (QED) is 0.852. The Morgan fingerprint density at radius 2 is 2.09 bits per heavy atom. The molecule has 1 aliphatic heterocycles. The molecule has 1 fully saturated rings. The first-order valence-electron chi connectivity index (χ1n) is 8.08. The van der Waals surface area contributed by atoms with Crippen LogP contribution in [-0.2, 0) is 22.5 Å². The van der Waals surface area contributed by atoms with Crippen LogP contribution in [-0.4, -0.2) is 35.4 Å². The van der Waals surface area contributed by atoms with Gasteiger partial charge in [0.25, 0.3) is 0 Å². The van der Waals surface area contributed by atoms with Crippen molar-refractivity contribution in [3.05, 3.63) is 30.0 Å². The summed E-state index contributed by atoms with van der Waals surface area (Å²) in [7, 11) is 0. The Bertz CT molecular complexity index is 650. The predicted molar refractivity (Wildman–Crippen MR) is 92.9 cm³/mol. The molecule has 3 rings (SSSR count). The molecule has 0 radical (unpaired) electrons. The van der Waals surface area contributed by atoms with E-state index in [9.17, 15) is 4.79 Å². The highest BCUT2D eigenvalue weighted by Gasteiger charge is 2.18. The van der Waals surface area contributed by atoms with Crippen LogP contribution in [0.15, 0.2) is 24.3 Å². The van der Waals surface area contributed by atoms with Crippen molar-refractivity contribution in [1.82, 2.24) is 15.1 Å². The second-order valence-corrected chi connectivity index (χ2v) is 5.82. The van der Waals surface area contributed by atoms with Gasteiger partial charge in [-0.2, -0.15) is 5.10 Å². The lowest BCUT2D eigenvalue weighted by Crippen LogP contribution is -2.30. The van der Waals surface area contributed by atoms with Gasteiger partial charge in [-0.3, -0.25) is 9.48 Å². The minimum atomic E-state index is -0.209. The lowest BCUT2D eigenvalue weighted by molar-refractivity contribution is -0.142. The van der Waals surface area contributed by atoms with E-state index < -0.39 is 0 Å². The molecule has 0 aliphatic carbocycles. The number of ether oxygens (including phenoxy) is 1. The Morgan fingerprint density at radius 1 is 1.35 bits per heavy atom. The molecule has 0 unspecified atom stereocenters. The molecule has 0 amide bonds. The van der Waals surface area contributed by atoms with Crippen molar-refractivity contribution < 1.29 is 9.53 Å². The third-order valence-electron chi connectivity index (χ3n) is 4.24. The van der Waals surface area contributed by atoms with E-state index in [0.717, 1.165) is 36.2 Å². The number of carbonyl (C=O) groups excluding carboxylic acids is 1. The van der Waals surface area contributed by atoms with E-state index in [1.165, 1.54) is 12.8 Å². The van der Waals surface area contributed by atoms with Gasteiger partial charge < -0.3 is 10.1 Å². The lowest BCUT2D eigenvalue weighted by Gasteiger charge is -2.22. The standard InChI is InChI=1S/C17H23N3O2.ClH/c1-2-22-17(21)11-15-14-5-3-4-6-16(14)20(19-15)12-13-7-9-18-10-8-13;/h3-6,13,18H,2,7-12H2,1H3;1H. The topological polar surface area (TPSA) is 56.1 Å². The van der Waals surface area contributed by atoms with Gasteiger partial charge in [-0.1, -0.05) is 18.2 Å². The zero-order valence-corrected chi connectivity index (χ0v) is 14.3. The highest BCUT2D eigenvalue weighted by atomic mass is 35.5. The average molecular weight is 338 g/mol. The summed E-state index contributed by atoms with van der Waals surface area (Å²) in [5, 5.41) is 9.15. The molecule has 2 aromatic rings. The average Bonchev–Trinajstić information content (AvgIpc) is 2.87. The van der Waals surface area contributed by atoms with E-state index in [1.54, 1.807) is 0 Å². The van der Waals surface area contributed by atoms with E-state index in [1.807, 2.05) is 25.1 Å². The smallest absolute Gasteiger partial charge is 0.311 e. The monoisotopic (exact) mass is 337 g/mol. The number of nitrogens with one attached hydrogen (secondary N) is 1. The summed E-state index contributed by atoms with van der Waals surface area (Å²) in [6.07, 6.45) is 2.61. The summed E-state index contributed by atoms with van der Waals surface area (Å²) in [6, 6.07) is 8.14. The minimum Gasteiger partial charge on any atom is -0.466 e. The van der Waals surface area contributed by atoms with Crippen LogP contribution in [0.3, 0.4) is 0 Å². The number of fused-ring (bicyclic) bond motifs is 1. The van der Waals surface area contributed by atoms with Crippen LogP contribution in [0.4, 0.5) is 0 Å². The second-order valence-electron chi connectivity index (χ2n) is 5.82. The van der Waals surface area contributed by atoms with Gasteiger partial charge in [0, 0.05) is 11.9 Å². The largest absolute Gasteiger partial charge is 0.466 e. The van der Waals surface area contributed by atoms with Gasteiger partial charge in [-0.05, 0) is 44.8 Å². The van der Waals surface area contributed by atoms with Crippen molar-refractivity contribution >= 4 is 29.3 Å². The summed E-state index contributed by atoms with van der Waals surface area (Å²) in [5.74, 6) is 0.444. The maximum atomic E-state index is 11.8. The van der Waals surface area contributed by atoms with Gasteiger partial charge in [0.05, 0.1) is 24.2 Å². The summed E-state index contributed by atoms with van der Waals surface area (Å²) in [6.45, 7) is 5.32. The van der Waals surface area contributed by atoms with Gasteiger partial charge in [-0.15, -0.1) is 12.4 Å². The molecular weight excluding hydrogens is 314 g/mol. The van der Waals surface area contributed by atoms with Crippen molar-refractivity contribution in [3.63, 3.8) is 0 Å². The number of piperidine rings is 1. The summed E-state index contributed by atoms with van der Waals surface area (Å²) >= 11 is 0. The van der Waals surface area contributed by atoms with Crippen molar-refractivity contribution in [2.24, 2.45) is 5.92 Å². The van der Waals surface area contributed by atoms with Crippen molar-refractivity contribution in [2.75, 3.05) is 19.7 Å². The summed E-state index contributed by atoms with van der Waals surface area (Å²) in [4.78, 5) is 11.8. The molecule has 1 N–H and O–H groups in total. The third kappa shape index (κ3) is 4.24. The van der Waals surface area contributed by atoms with Crippen molar-refractivity contribution in [2.45, 2.75) is 32.7 Å². The molecule has 1 aromatic carbocycles. The van der Waals surface area contributed by atoms with Gasteiger partial charge in [-0.25, -0.2) is 0 Å². The second kappa shape index (κ2) is 8.31. The number of benzene rings is 1. The molecule has 1 aromatic heterocycles. The zero-order valence-electron chi connectivity index (χ0n) is 13.5. The SMILES string of the molecule is CCOC(=O)Cc1nn(CC2CCNCC2)c2ccccc12.Cl. The molecule has 2 heterocycles. The summed E-state index contributed by atoms with van der Waals surface area (Å²) < 4.78 is 7.13. The molecule has 0 atom stereocenters. The molecule has 23 heavy (non-hydrogen) atoms. The van der Waals surface area contributed by atoms with Gasteiger partial charge in [0.2, 0.25) is 0 Å². The molecule has 0 bridgehead atoms. The van der Waals surface area contributed by atoms with E-state index in [2.05, 4.69) is 16.1 Å². The van der Waals surface area contributed by atoms with E-state index in [4.69, 9.17) is 9.84 Å². The maximum Gasteiger partial charge on any atom is 0.311 e. The molecule has 1 aliphatic rings. The van der Waals surface area contributed by atoms with Gasteiger partial charge in [0.1, 0.15) is 0 Å². The first kappa shape index (κ1) is 17.8. The highest BCUT2D eigenvalue weighted by molar-refractivity contribution is 5.86. The van der Waals surface area contributed by atoms with Crippen molar-refractivity contribution in [1.29, 1.82) is 0 Å². The number of hydrogen-bond acceptors (Lipinski definition) is 4. The normalized spacial score (nSPS) is 15.3. The van der Waals surface area contributed by atoms with Crippen LogP contribution in [0.5, 0.6) is 0 Å². The number of rotatable bonds is 5. The number of carbonyl (C=O) groups is 1. The van der Waals surface area contributed by atoms with Crippen LogP contribution >= 0.6 is 12.4 Å². The zero-order chi connectivity index (χ0) is 15.4. The molecule has 6 heteroatoms. The van der Waals surface area contributed by atoms with Crippen LogP contribution in [0.25, 0.3) is 10.9 Å². The summed E-state index contributed by atoms with van der Waals surface area (Å²) in [5.41, 5.74) is 1.93. The molecule has 0 saturated carbocycles. The fourth-order valence-electron chi connectivity index (χ4n) is 3.12. The van der Waals surface area contributed by atoms with Crippen LogP contribution in [0.2, 0.25) is 0 Å². The Morgan fingerprint density at radius 3 is 2.83 bits per heavy atom. The number of hydrogen-bond donors (Lipinski definition) is 1. The fourth-order valence-corrected chi connectivity index (χ4v) is 3.12. The molecule has 126 valence electrons. The number of esters is 1. The van der Waals surface area contributed by atoms with E-state index >= 15 is 0 Å². The van der Waals surface area contributed by atoms with E-state index in [0.29, 0.717) is 12.5 Å². The lowest BCUT2D eigenvalue weighted by atomic mass is 9.98. The number of nitrogens with zero attached hydrogens (tertiary/aromatic N) is 2. The first-order valence-corrected chi connectivity index (χ1v) is 8.08. The van der Waals surface area contributed by atoms with Crippen LogP contribution < -0.4 is 5.32 Å². The fraction of sp³-hybridized carbons (Fsp3) is 0.529. The third-order valence-corrected chi connectivity index (χ3v) is 4.24. The Kier molecular flexibility index (Phi) is 6.42. The maximum absolute atomic E-state index is 11.8. The van der Waals surface area contributed by atoms with Crippen molar-refractivity contribution in [3.8, 4) is 0 Å². The Hall–Kier alpha value is -1.59. The molecular formula is C17H24ClN3O2. The van der Waals surface area contributed by atoms with Gasteiger partial charge >= 0.3 is 5.97 Å². The predicted octanol–water partition coefficient (Wildman–Crippen LogP) is 2.56. The molecule has 5 nitrogen and oxygen atoms in total. The van der Waals surface area contributed by atoms with Crippen LogP contribution in [0, 0.1) is 5.92 Å². The van der Waals surface area contributed by atoms with Gasteiger partial charge in [0.15, 0.2) is 0 Å².